The summed E-state index contributed by atoms with van der Waals surface area (Å²) in [4.78, 5) is 12.9. The molecule has 7 nitrogen and oxygen atoms in total. The Hall–Kier alpha value is -2.19. The average molecular weight is 417 g/mol. The highest BCUT2D eigenvalue weighted by Crippen LogP contribution is 2.42. The molecule has 1 aliphatic carbocycles. The molecule has 0 bridgehead atoms. The smallest absolute Gasteiger partial charge is 0.272 e. The number of aromatic amines is 1. The van der Waals surface area contributed by atoms with Gasteiger partial charge in [-0.3, -0.25) is 9.89 Å². The van der Waals surface area contributed by atoms with Crippen LogP contribution in [0.1, 0.15) is 48.9 Å². The average Bonchev–Trinajstić information content (AvgIpc) is 3.25. The van der Waals surface area contributed by atoms with Crippen LogP contribution in [0, 0.1) is 18.8 Å². The summed E-state index contributed by atoms with van der Waals surface area (Å²) >= 11 is 0. The van der Waals surface area contributed by atoms with E-state index in [0.29, 0.717) is 29.6 Å². The molecule has 1 saturated carbocycles. The number of hydrogen-bond donors (Lipinski definition) is 2. The Labute approximate surface area is 171 Å². The molecule has 4 rings (SSSR count). The lowest BCUT2D eigenvalue weighted by atomic mass is 9.71. The Kier molecular flexibility index (Phi) is 4.82. The number of nitrogens with one attached hydrogen (secondary N) is 2. The number of hydrogen-bond acceptors (Lipinski definition) is 4. The Bertz CT molecular complexity index is 1020. The highest BCUT2D eigenvalue weighted by atomic mass is 32.2. The first-order chi connectivity index (χ1) is 13.6. The van der Waals surface area contributed by atoms with Gasteiger partial charge in [0, 0.05) is 30.2 Å². The third kappa shape index (κ3) is 3.71. The van der Waals surface area contributed by atoms with Gasteiger partial charge < -0.3 is 5.32 Å². The van der Waals surface area contributed by atoms with Crippen LogP contribution >= 0.6 is 0 Å². The third-order valence-corrected chi connectivity index (χ3v) is 7.97. The molecule has 2 heterocycles. The molecule has 1 amide bonds. The highest BCUT2D eigenvalue weighted by molar-refractivity contribution is 7.89. The summed E-state index contributed by atoms with van der Waals surface area (Å²) in [6.07, 6.45) is 0.798. The van der Waals surface area contributed by atoms with Crippen molar-refractivity contribution in [3.05, 3.63) is 47.3 Å². The van der Waals surface area contributed by atoms with Crippen molar-refractivity contribution < 1.29 is 13.2 Å². The normalized spacial score (nSPS) is 24.8. The number of carbonyl (C=O) groups is 1. The molecule has 2 fully saturated rings. The van der Waals surface area contributed by atoms with Gasteiger partial charge in [-0.05, 0) is 43.4 Å². The van der Waals surface area contributed by atoms with Crippen LogP contribution in [0.2, 0.25) is 0 Å². The van der Waals surface area contributed by atoms with Crippen LogP contribution in [0.4, 0.5) is 0 Å². The second-order valence-corrected chi connectivity index (χ2v) is 11.2. The van der Waals surface area contributed by atoms with Crippen molar-refractivity contribution in [1.29, 1.82) is 0 Å². The minimum absolute atomic E-state index is 0.0134. The molecule has 2 aliphatic rings. The molecule has 0 unspecified atom stereocenters. The van der Waals surface area contributed by atoms with Gasteiger partial charge in [0.05, 0.1) is 4.90 Å². The number of aromatic nitrogens is 2. The molecule has 156 valence electrons. The molecule has 2 N–H and O–H groups in total. The van der Waals surface area contributed by atoms with E-state index < -0.39 is 10.0 Å². The number of sulfonamides is 1. The SMILES string of the molecule is Cc1ccc(S(=O)(=O)N2C[C@@H]3C[C@@H](NC(=O)c4cc(C(C)(C)C)[nH]n4)[C@@H]3C2)cc1. The van der Waals surface area contributed by atoms with Crippen LogP contribution in [0.3, 0.4) is 0 Å². The fourth-order valence-corrected chi connectivity index (χ4v) is 5.69. The number of fused-ring (bicyclic) bond motifs is 1. The van der Waals surface area contributed by atoms with E-state index in [4.69, 9.17) is 0 Å². The number of aryl methyl sites for hydroxylation is 1. The van der Waals surface area contributed by atoms with Crippen molar-refractivity contribution in [1.82, 2.24) is 19.8 Å². The van der Waals surface area contributed by atoms with Crippen LogP contribution in [0.25, 0.3) is 0 Å². The Balaban J connectivity index is 1.40. The van der Waals surface area contributed by atoms with E-state index in [-0.39, 0.29) is 23.3 Å². The van der Waals surface area contributed by atoms with Gasteiger partial charge in [0.25, 0.3) is 5.91 Å². The fourth-order valence-electron chi connectivity index (χ4n) is 4.15. The van der Waals surface area contributed by atoms with Crippen LogP contribution in [-0.2, 0) is 15.4 Å². The minimum Gasteiger partial charge on any atom is -0.348 e. The zero-order valence-corrected chi connectivity index (χ0v) is 18.1. The zero-order valence-electron chi connectivity index (χ0n) is 17.3. The molecule has 3 atom stereocenters. The van der Waals surface area contributed by atoms with Gasteiger partial charge in [0.1, 0.15) is 5.69 Å². The Morgan fingerprint density at radius 1 is 1.21 bits per heavy atom. The van der Waals surface area contributed by atoms with Crippen molar-refractivity contribution >= 4 is 15.9 Å². The first-order valence-electron chi connectivity index (χ1n) is 9.99. The first-order valence-corrected chi connectivity index (χ1v) is 11.4. The largest absolute Gasteiger partial charge is 0.348 e. The van der Waals surface area contributed by atoms with E-state index in [0.717, 1.165) is 17.7 Å². The lowest BCUT2D eigenvalue weighted by Crippen LogP contribution is -2.52. The van der Waals surface area contributed by atoms with E-state index in [2.05, 4.69) is 36.3 Å². The molecule has 0 radical (unpaired) electrons. The van der Waals surface area contributed by atoms with Gasteiger partial charge in [0.15, 0.2) is 0 Å². The fraction of sp³-hybridized carbons (Fsp3) is 0.524. The molecule has 8 heteroatoms. The maximum atomic E-state index is 12.9. The van der Waals surface area contributed by atoms with Crippen LogP contribution in [0.5, 0.6) is 0 Å². The van der Waals surface area contributed by atoms with Gasteiger partial charge >= 0.3 is 0 Å². The van der Waals surface area contributed by atoms with Crippen molar-refractivity contribution in [3.8, 4) is 0 Å². The first kappa shape index (κ1) is 20.1. The van der Waals surface area contributed by atoms with Crippen LogP contribution in [-0.4, -0.2) is 48.0 Å². The predicted molar refractivity (Wildman–Crippen MR) is 110 cm³/mol. The minimum atomic E-state index is -3.50. The lowest BCUT2D eigenvalue weighted by Gasteiger charge is -2.39. The molecular formula is C21H28N4O3S. The van der Waals surface area contributed by atoms with Gasteiger partial charge in [0.2, 0.25) is 10.0 Å². The molecule has 1 saturated heterocycles. The number of H-pyrrole nitrogens is 1. The Morgan fingerprint density at radius 2 is 1.90 bits per heavy atom. The van der Waals surface area contributed by atoms with Crippen molar-refractivity contribution in [2.75, 3.05) is 13.1 Å². The second-order valence-electron chi connectivity index (χ2n) is 9.29. The highest BCUT2D eigenvalue weighted by Gasteiger charge is 2.50. The molecule has 1 aromatic carbocycles. The van der Waals surface area contributed by atoms with Crippen molar-refractivity contribution in [2.45, 2.75) is 50.5 Å². The summed E-state index contributed by atoms with van der Waals surface area (Å²) in [6.45, 7) is 9.06. The van der Waals surface area contributed by atoms with E-state index in [1.165, 1.54) is 0 Å². The summed E-state index contributed by atoms with van der Waals surface area (Å²) in [5, 5.41) is 10.1. The quantitative estimate of drug-likeness (QED) is 0.800. The standard InChI is InChI=1S/C21H28N4O3S/c1-13-5-7-15(8-6-13)29(27,28)25-11-14-9-17(16(14)12-25)22-20(26)18-10-19(24-23-18)21(2,3)4/h5-8,10,14,16-17H,9,11-12H2,1-4H3,(H,22,26)(H,23,24)/t14-,16+,17+/m0/s1. The van der Waals surface area contributed by atoms with E-state index in [1.54, 1.807) is 22.5 Å². The Morgan fingerprint density at radius 3 is 2.52 bits per heavy atom. The lowest BCUT2D eigenvalue weighted by molar-refractivity contribution is 0.0827. The van der Waals surface area contributed by atoms with Crippen LogP contribution < -0.4 is 5.32 Å². The van der Waals surface area contributed by atoms with Crippen LogP contribution in [0.15, 0.2) is 35.2 Å². The summed E-state index contributed by atoms with van der Waals surface area (Å²) in [5.41, 5.74) is 2.20. The van der Waals surface area contributed by atoms with E-state index in [1.807, 2.05) is 19.1 Å². The van der Waals surface area contributed by atoms with E-state index >= 15 is 0 Å². The molecule has 1 aromatic heterocycles. The number of carbonyl (C=O) groups excluding carboxylic acids is 1. The molecule has 0 spiro atoms. The third-order valence-electron chi connectivity index (χ3n) is 6.13. The molecule has 29 heavy (non-hydrogen) atoms. The molecule has 2 aromatic rings. The molecule has 1 aliphatic heterocycles. The van der Waals surface area contributed by atoms with Gasteiger partial charge in [-0.25, -0.2) is 8.42 Å². The number of amides is 1. The van der Waals surface area contributed by atoms with Crippen molar-refractivity contribution in [3.63, 3.8) is 0 Å². The van der Waals surface area contributed by atoms with Gasteiger partial charge in [-0.15, -0.1) is 0 Å². The number of benzene rings is 1. The monoisotopic (exact) mass is 416 g/mol. The summed E-state index contributed by atoms with van der Waals surface area (Å²) in [7, 11) is -3.50. The summed E-state index contributed by atoms with van der Waals surface area (Å²) in [6, 6.07) is 8.73. The topological polar surface area (TPSA) is 95.2 Å². The van der Waals surface area contributed by atoms with Crippen molar-refractivity contribution in [2.24, 2.45) is 11.8 Å². The number of rotatable bonds is 4. The summed E-state index contributed by atoms with van der Waals surface area (Å²) in [5.74, 6) is 0.241. The van der Waals surface area contributed by atoms with Gasteiger partial charge in [-0.2, -0.15) is 9.40 Å². The second kappa shape index (κ2) is 6.95. The maximum absolute atomic E-state index is 12.9. The maximum Gasteiger partial charge on any atom is 0.272 e. The van der Waals surface area contributed by atoms with Gasteiger partial charge in [-0.1, -0.05) is 38.5 Å². The summed E-state index contributed by atoms with van der Waals surface area (Å²) < 4.78 is 27.4. The zero-order chi connectivity index (χ0) is 21.0. The van der Waals surface area contributed by atoms with E-state index in [9.17, 15) is 13.2 Å². The molecular weight excluding hydrogens is 388 g/mol. The number of nitrogens with zero attached hydrogens (tertiary/aromatic N) is 2. The predicted octanol–water partition coefficient (Wildman–Crippen LogP) is 2.45.